The van der Waals surface area contributed by atoms with Gasteiger partial charge in [0, 0.05) is 0 Å². The standard InChI is InChI=1S/C29H41.C7H7.C6H4Cl.C5H5.CH2.2ClH.Zr/c1-26(2,3)22-14-18-13-19-15-23(27(4,5)6)25(29(10,11)12)17-21(19)20(18)16-24(22)28(7,8)9;1-7-5-3-2-4-6-7;7-6-4-2-1-3-5-6;1-2-4-5-3-1;;;;/h14,16-17H,13H2,1-12H3;3-6H,1H3;2-5H;1-3H,4H2;1H2;2*1H;. The van der Waals surface area contributed by atoms with Crippen LogP contribution in [0.25, 0.3) is 11.1 Å². The maximum absolute atomic E-state index is 6.70. The third kappa shape index (κ3) is 6.78. The molecule has 0 amide bonds. The molecule has 0 radical (unpaired) electrons. The minimum atomic E-state index is -5.07. The summed E-state index contributed by atoms with van der Waals surface area (Å²) in [4.78, 5) is 0. The number of hydrogen-bond donors (Lipinski definition) is 0. The van der Waals surface area contributed by atoms with E-state index in [4.69, 9.17) is 15.8 Å². The Morgan fingerprint density at radius 3 is 1.56 bits per heavy atom. The molecule has 278 valence electrons. The van der Waals surface area contributed by atoms with Crippen molar-refractivity contribution in [1.82, 2.24) is 0 Å². The molecule has 0 bridgehead atoms. The van der Waals surface area contributed by atoms with E-state index in [1.165, 1.54) is 59.9 Å². The average Bonchev–Trinajstić information content (AvgIpc) is 3.67. The second kappa shape index (κ2) is 13.9. The number of rotatable bonds is 4. The summed E-state index contributed by atoms with van der Waals surface area (Å²) in [6.45, 7) is 31.0. The second-order valence-corrected chi connectivity index (χ2v) is 32.8. The molecule has 0 N–H and O–H groups in total. The predicted octanol–water partition coefficient (Wildman–Crippen LogP) is 12.5. The molecule has 0 nitrogen and oxygen atoms in total. The van der Waals surface area contributed by atoms with E-state index in [1.807, 2.05) is 0 Å². The molecule has 6 rings (SSSR count). The molecule has 2 aliphatic carbocycles. The van der Waals surface area contributed by atoms with Gasteiger partial charge in [-0.3, -0.25) is 0 Å². The summed E-state index contributed by atoms with van der Waals surface area (Å²) in [7, 11) is 0. The summed E-state index contributed by atoms with van der Waals surface area (Å²) in [6, 6.07) is 26.1. The Balaban J connectivity index is 0.00000302. The van der Waals surface area contributed by atoms with Gasteiger partial charge in [0.15, 0.2) is 0 Å². The van der Waals surface area contributed by atoms with Gasteiger partial charge in [0.2, 0.25) is 0 Å². The summed E-state index contributed by atoms with van der Waals surface area (Å²) in [5.41, 5.74) is 12.7. The number of fused-ring (bicyclic) bond motifs is 3. The van der Waals surface area contributed by atoms with Crippen molar-refractivity contribution in [3.63, 3.8) is 0 Å². The normalized spacial score (nSPS) is 14.7. The quantitative estimate of drug-likeness (QED) is 0.169. The second-order valence-electron chi connectivity index (χ2n) is 19.6. The zero-order chi connectivity index (χ0) is 36.8. The van der Waals surface area contributed by atoms with Crippen LogP contribution >= 0.6 is 36.4 Å². The Hall–Kier alpha value is -2.02. The Bertz CT molecular complexity index is 2080. The molecule has 0 saturated heterocycles. The SMILES string of the molecule is Cl.Cl.[CH2]=[Zr]([C]1=CC=CC1)([c]1ccc(C)cc1)([c]1ccc(Cl)cc1)[c]1c2c(cc(C(C)(C)C)c1C(C)(C)C)-c1cc(C(C)(C)C)c(C(C)(C)C)cc1C2. The van der Waals surface area contributed by atoms with Crippen LogP contribution in [0.3, 0.4) is 0 Å². The van der Waals surface area contributed by atoms with Crippen LogP contribution in [0.5, 0.6) is 0 Å². The zero-order valence-corrected chi connectivity index (χ0v) is 38.7. The maximum atomic E-state index is 6.70. The van der Waals surface area contributed by atoms with E-state index in [9.17, 15) is 0 Å². The van der Waals surface area contributed by atoms with E-state index < -0.39 is 18.3 Å². The van der Waals surface area contributed by atoms with E-state index in [0.717, 1.165) is 17.9 Å². The van der Waals surface area contributed by atoms with E-state index in [0.29, 0.717) is 0 Å². The van der Waals surface area contributed by atoms with Gasteiger partial charge in [-0.05, 0) is 0 Å². The van der Waals surface area contributed by atoms with Crippen molar-refractivity contribution in [1.29, 1.82) is 0 Å². The van der Waals surface area contributed by atoms with Crippen molar-refractivity contribution in [2.75, 3.05) is 0 Å². The van der Waals surface area contributed by atoms with Gasteiger partial charge in [0.25, 0.3) is 0 Å². The van der Waals surface area contributed by atoms with Crippen LogP contribution < -0.4 is 9.81 Å². The van der Waals surface area contributed by atoms with Crippen molar-refractivity contribution >= 4 is 50.4 Å². The molecular formula is C48H61Cl3Zr. The minimum absolute atomic E-state index is 0. The Morgan fingerprint density at radius 2 is 1.10 bits per heavy atom. The molecule has 0 saturated carbocycles. The van der Waals surface area contributed by atoms with Gasteiger partial charge in [-0.2, -0.15) is 0 Å². The summed E-state index contributed by atoms with van der Waals surface area (Å²) in [5.74, 6) is 0. The van der Waals surface area contributed by atoms with Gasteiger partial charge in [-0.1, -0.05) is 0 Å². The first-order valence-corrected chi connectivity index (χ1v) is 25.6. The fraction of sp³-hybridized carbons (Fsp3) is 0.396. The number of hydrogen-bond acceptors (Lipinski definition) is 0. The molecule has 0 unspecified atom stereocenters. The van der Waals surface area contributed by atoms with Crippen LogP contribution in [0.2, 0.25) is 5.02 Å². The number of allylic oxidation sites excluding steroid dienone is 4. The van der Waals surface area contributed by atoms with Gasteiger partial charge >= 0.3 is 312 Å². The Labute approximate surface area is 334 Å². The van der Waals surface area contributed by atoms with Crippen LogP contribution in [-0.2, 0) is 46.4 Å². The molecule has 0 spiro atoms. The molecule has 2 aliphatic rings. The molecule has 4 aromatic carbocycles. The van der Waals surface area contributed by atoms with E-state index in [1.54, 1.807) is 3.27 Å². The van der Waals surface area contributed by atoms with Gasteiger partial charge in [0.1, 0.15) is 0 Å². The Kier molecular flexibility index (Phi) is 11.4. The fourth-order valence-electron chi connectivity index (χ4n) is 9.18. The number of halogens is 3. The van der Waals surface area contributed by atoms with Crippen molar-refractivity contribution in [2.24, 2.45) is 0 Å². The molecule has 0 aliphatic heterocycles. The topological polar surface area (TPSA) is 0 Å². The monoisotopic (exact) mass is 832 g/mol. The first kappa shape index (κ1) is 42.7. The number of aryl methyl sites for hydroxylation is 1. The van der Waals surface area contributed by atoms with Crippen LogP contribution in [0.15, 0.2) is 88.2 Å². The third-order valence-corrected chi connectivity index (χ3v) is 28.3. The molecule has 0 fully saturated rings. The molecular weight excluding hydrogens is 774 g/mol. The first-order valence-electron chi connectivity index (χ1n) is 18.6. The fourth-order valence-corrected chi connectivity index (χ4v) is 25.9. The van der Waals surface area contributed by atoms with E-state index >= 15 is 0 Å². The van der Waals surface area contributed by atoms with Gasteiger partial charge in [-0.15, -0.1) is 24.8 Å². The van der Waals surface area contributed by atoms with Gasteiger partial charge in [0.05, 0.1) is 0 Å². The summed E-state index contributed by atoms with van der Waals surface area (Å²) in [6.07, 6.45) is 8.90. The molecule has 52 heavy (non-hydrogen) atoms. The third-order valence-electron chi connectivity index (χ3n) is 11.7. The molecule has 0 atom stereocenters. The van der Waals surface area contributed by atoms with Crippen LogP contribution in [0.1, 0.15) is 128 Å². The zero-order valence-electron chi connectivity index (χ0n) is 33.9. The van der Waals surface area contributed by atoms with Crippen LogP contribution in [0.4, 0.5) is 0 Å². The van der Waals surface area contributed by atoms with E-state index in [2.05, 4.69) is 175 Å². The van der Waals surface area contributed by atoms with Crippen molar-refractivity contribution in [2.45, 2.75) is 125 Å². The molecule has 0 aromatic heterocycles. The van der Waals surface area contributed by atoms with Crippen molar-refractivity contribution in [3.8, 4) is 11.1 Å². The molecule has 4 heteroatoms. The summed E-state index contributed by atoms with van der Waals surface area (Å²) < 4.78 is 11.7. The van der Waals surface area contributed by atoms with Crippen LogP contribution in [0, 0.1) is 6.92 Å². The van der Waals surface area contributed by atoms with Crippen molar-refractivity contribution in [3.05, 3.63) is 132 Å². The van der Waals surface area contributed by atoms with Gasteiger partial charge in [-0.25, -0.2) is 0 Å². The molecule has 4 aromatic rings. The average molecular weight is 836 g/mol. The summed E-state index contributed by atoms with van der Waals surface area (Å²) in [5, 5.41) is 0.765. The first-order chi connectivity index (χ1) is 23.0. The summed E-state index contributed by atoms with van der Waals surface area (Å²) >= 11 is 1.63. The van der Waals surface area contributed by atoms with Crippen molar-refractivity contribution < 1.29 is 18.3 Å². The molecule has 0 heterocycles. The van der Waals surface area contributed by atoms with Crippen LogP contribution in [-0.4, -0.2) is 4.21 Å². The van der Waals surface area contributed by atoms with E-state index in [-0.39, 0.29) is 46.5 Å². The van der Waals surface area contributed by atoms with Gasteiger partial charge < -0.3 is 0 Å². The Morgan fingerprint density at radius 1 is 0.615 bits per heavy atom. The number of benzene rings is 4. The predicted molar refractivity (Wildman–Crippen MR) is 234 cm³/mol.